The molecule has 3 aromatic heterocycles. The second-order valence-electron chi connectivity index (χ2n) is 6.90. The van der Waals surface area contributed by atoms with Crippen molar-refractivity contribution >= 4 is 17.3 Å². The van der Waals surface area contributed by atoms with Gasteiger partial charge in [0.1, 0.15) is 10.8 Å². The first-order chi connectivity index (χ1) is 15.0. The molecule has 8 heteroatoms. The summed E-state index contributed by atoms with van der Waals surface area (Å²) in [5, 5.41) is 12.4. The monoisotopic (exact) mass is 435 g/mol. The lowest BCUT2D eigenvalue weighted by Gasteiger charge is -2.11. The maximum atomic E-state index is 11.8. The van der Waals surface area contributed by atoms with Crippen molar-refractivity contribution in [3.8, 4) is 33.6 Å². The van der Waals surface area contributed by atoms with Crippen molar-refractivity contribution in [1.29, 1.82) is 0 Å². The van der Waals surface area contributed by atoms with E-state index in [0.717, 1.165) is 33.3 Å². The molecule has 0 radical (unpaired) electrons. The highest BCUT2D eigenvalue weighted by Crippen LogP contribution is 2.32. The summed E-state index contributed by atoms with van der Waals surface area (Å²) in [6.07, 6.45) is 1.71. The van der Waals surface area contributed by atoms with Gasteiger partial charge < -0.3 is 19.1 Å². The molecule has 0 unspecified atom stereocenters. The SMILES string of the molecule is COc1ccc(Cn2c(-c3csc(-c4ccc(OC)nc4)n3)cc(C(=O)O)c2C)cc1. The van der Waals surface area contributed by atoms with Gasteiger partial charge in [0.2, 0.25) is 5.88 Å². The minimum Gasteiger partial charge on any atom is -0.497 e. The molecule has 4 rings (SSSR count). The topological polar surface area (TPSA) is 86.5 Å². The number of hydrogen-bond acceptors (Lipinski definition) is 6. The molecule has 4 aromatic rings. The Morgan fingerprint density at radius 3 is 2.52 bits per heavy atom. The lowest BCUT2D eigenvalue weighted by molar-refractivity contribution is 0.0696. The molecule has 0 fully saturated rings. The third-order valence-corrected chi connectivity index (χ3v) is 5.95. The summed E-state index contributed by atoms with van der Waals surface area (Å²) >= 11 is 1.49. The van der Waals surface area contributed by atoms with Gasteiger partial charge in [-0.1, -0.05) is 12.1 Å². The molecule has 0 atom stereocenters. The van der Waals surface area contributed by atoms with Gasteiger partial charge in [-0.15, -0.1) is 11.3 Å². The third-order valence-electron chi connectivity index (χ3n) is 5.06. The van der Waals surface area contributed by atoms with Crippen molar-refractivity contribution in [2.75, 3.05) is 14.2 Å². The lowest BCUT2D eigenvalue weighted by atomic mass is 10.2. The third kappa shape index (κ3) is 4.15. The molecule has 0 aliphatic carbocycles. The van der Waals surface area contributed by atoms with Gasteiger partial charge in [-0.3, -0.25) is 0 Å². The molecule has 0 saturated heterocycles. The predicted molar refractivity (Wildman–Crippen MR) is 119 cm³/mol. The number of carboxylic acid groups (broad SMARTS) is 1. The Morgan fingerprint density at radius 1 is 1.13 bits per heavy atom. The van der Waals surface area contributed by atoms with Gasteiger partial charge in [0.25, 0.3) is 0 Å². The second kappa shape index (κ2) is 8.61. The van der Waals surface area contributed by atoms with Crippen molar-refractivity contribution in [3.05, 3.63) is 70.9 Å². The maximum Gasteiger partial charge on any atom is 0.337 e. The molecule has 31 heavy (non-hydrogen) atoms. The van der Waals surface area contributed by atoms with Crippen molar-refractivity contribution in [1.82, 2.24) is 14.5 Å². The number of benzene rings is 1. The van der Waals surface area contributed by atoms with Crippen LogP contribution < -0.4 is 9.47 Å². The number of rotatable bonds is 7. The van der Waals surface area contributed by atoms with E-state index in [1.165, 1.54) is 11.3 Å². The fraction of sp³-hybridized carbons (Fsp3) is 0.174. The van der Waals surface area contributed by atoms with E-state index in [2.05, 4.69) is 4.98 Å². The number of pyridine rings is 1. The van der Waals surface area contributed by atoms with Crippen molar-refractivity contribution in [2.24, 2.45) is 0 Å². The zero-order valence-electron chi connectivity index (χ0n) is 17.3. The number of methoxy groups -OCH3 is 2. The van der Waals surface area contributed by atoms with Crippen LogP contribution in [0.1, 0.15) is 21.6 Å². The Kier molecular flexibility index (Phi) is 5.73. The zero-order valence-corrected chi connectivity index (χ0v) is 18.1. The largest absolute Gasteiger partial charge is 0.497 e. The van der Waals surface area contributed by atoms with Gasteiger partial charge in [-0.2, -0.15) is 0 Å². The van der Waals surface area contributed by atoms with Gasteiger partial charge in [-0.05, 0) is 36.8 Å². The Morgan fingerprint density at radius 2 is 1.90 bits per heavy atom. The van der Waals surface area contributed by atoms with E-state index in [0.29, 0.717) is 18.1 Å². The van der Waals surface area contributed by atoms with Crippen molar-refractivity contribution in [3.63, 3.8) is 0 Å². The van der Waals surface area contributed by atoms with Crippen LogP contribution in [0.3, 0.4) is 0 Å². The van der Waals surface area contributed by atoms with Crippen molar-refractivity contribution < 1.29 is 19.4 Å². The minimum atomic E-state index is -0.956. The number of ether oxygens (including phenoxy) is 2. The highest BCUT2D eigenvalue weighted by molar-refractivity contribution is 7.13. The summed E-state index contributed by atoms with van der Waals surface area (Å²) in [5.41, 5.74) is 4.34. The predicted octanol–water partition coefficient (Wildman–Crippen LogP) is 4.75. The number of aromatic nitrogens is 3. The summed E-state index contributed by atoms with van der Waals surface area (Å²) < 4.78 is 12.3. The molecule has 7 nitrogen and oxygen atoms in total. The molecule has 0 bridgehead atoms. The van der Waals surface area contributed by atoms with Gasteiger partial charge in [0.05, 0.1) is 31.2 Å². The van der Waals surface area contributed by atoms with Crippen LogP contribution >= 0.6 is 11.3 Å². The zero-order chi connectivity index (χ0) is 22.0. The Balaban J connectivity index is 1.72. The summed E-state index contributed by atoms with van der Waals surface area (Å²) in [5.74, 6) is 0.356. The highest BCUT2D eigenvalue weighted by Gasteiger charge is 2.20. The Bertz CT molecular complexity index is 1210. The summed E-state index contributed by atoms with van der Waals surface area (Å²) in [4.78, 5) is 20.8. The molecule has 0 spiro atoms. The molecular weight excluding hydrogens is 414 g/mol. The Labute approximate surface area is 183 Å². The van der Waals surface area contributed by atoms with Crippen molar-refractivity contribution in [2.45, 2.75) is 13.5 Å². The first-order valence-electron chi connectivity index (χ1n) is 9.53. The van der Waals surface area contributed by atoms with Crippen LogP contribution in [-0.2, 0) is 6.54 Å². The number of carboxylic acids is 1. The minimum absolute atomic E-state index is 0.268. The van der Waals surface area contributed by atoms with E-state index in [9.17, 15) is 9.90 Å². The van der Waals surface area contributed by atoms with Crippen LogP contribution in [0.2, 0.25) is 0 Å². The summed E-state index contributed by atoms with van der Waals surface area (Å²) in [6.45, 7) is 2.34. The van der Waals surface area contributed by atoms with E-state index in [1.807, 2.05) is 47.2 Å². The average molecular weight is 436 g/mol. The maximum absolute atomic E-state index is 11.8. The van der Waals surface area contributed by atoms with Crippen LogP contribution in [-0.4, -0.2) is 39.8 Å². The van der Waals surface area contributed by atoms with Crippen LogP contribution in [0.25, 0.3) is 22.0 Å². The normalized spacial score (nSPS) is 10.8. The van der Waals surface area contributed by atoms with E-state index in [4.69, 9.17) is 14.5 Å². The van der Waals surface area contributed by atoms with E-state index >= 15 is 0 Å². The second-order valence-corrected chi connectivity index (χ2v) is 7.75. The molecule has 0 saturated carbocycles. The number of nitrogens with zero attached hydrogens (tertiary/aromatic N) is 3. The molecule has 0 amide bonds. The fourth-order valence-corrected chi connectivity index (χ4v) is 4.15. The molecule has 0 aliphatic heterocycles. The molecule has 1 aromatic carbocycles. The quantitative estimate of drug-likeness (QED) is 0.451. The molecular formula is C23H21N3O4S. The summed E-state index contributed by atoms with van der Waals surface area (Å²) in [6, 6.07) is 13.1. The first kappa shape index (κ1) is 20.6. The molecule has 158 valence electrons. The van der Waals surface area contributed by atoms with Crippen LogP contribution in [0.4, 0.5) is 0 Å². The number of thiazole rings is 1. The van der Waals surface area contributed by atoms with Crippen LogP contribution in [0.15, 0.2) is 54.0 Å². The van der Waals surface area contributed by atoms with E-state index < -0.39 is 5.97 Å². The standard InChI is InChI=1S/C23H21N3O4S/c1-14-18(23(27)28)10-20(26(14)12-15-4-7-17(29-2)8-5-15)19-13-31-22(25-19)16-6-9-21(30-3)24-11-16/h4-11,13H,12H2,1-3H3,(H,27,28). The molecule has 1 N–H and O–H groups in total. The fourth-order valence-electron chi connectivity index (χ4n) is 3.34. The van der Waals surface area contributed by atoms with Gasteiger partial charge in [0, 0.05) is 35.4 Å². The number of aromatic carboxylic acids is 1. The lowest BCUT2D eigenvalue weighted by Crippen LogP contribution is -2.06. The van der Waals surface area contributed by atoms with Gasteiger partial charge in [0.15, 0.2) is 0 Å². The molecule has 0 aliphatic rings. The first-order valence-corrected chi connectivity index (χ1v) is 10.4. The Hall–Kier alpha value is -3.65. The van der Waals surface area contributed by atoms with Crippen LogP contribution in [0, 0.1) is 6.92 Å². The summed E-state index contributed by atoms with van der Waals surface area (Å²) in [7, 11) is 3.20. The number of carbonyl (C=O) groups is 1. The molecule has 3 heterocycles. The van der Waals surface area contributed by atoms with Crippen LogP contribution in [0.5, 0.6) is 11.6 Å². The number of hydrogen-bond donors (Lipinski definition) is 1. The van der Waals surface area contributed by atoms with E-state index in [-0.39, 0.29) is 5.56 Å². The average Bonchev–Trinajstić information content (AvgIpc) is 3.40. The van der Waals surface area contributed by atoms with Gasteiger partial charge >= 0.3 is 5.97 Å². The smallest absolute Gasteiger partial charge is 0.337 e. The highest BCUT2D eigenvalue weighted by atomic mass is 32.1. The van der Waals surface area contributed by atoms with E-state index in [1.54, 1.807) is 32.5 Å². The van der Waals surface area contributed by atoms with Gasteiger partial charge in [-0.25, -0.2) is 14.8 Å².